The van der Waals surface area contributed by atoms with Crippen LogP contribution >= 0.6 is 0 Å². The molecule has 0 aromatic carbocycles. The molecule has 1 unspecified atom stereocenters. The normalized spacial score (nSPS) is 12.1. The number of carbonyl (C=O) groups is 2. The van der Waals surface area contributed by atoms with Gasteiger partial charge < -0.3 is 25.5 Å². The van der Waals surface area contributed by atoms with Gasteiger partial charge in [-0.1, -0.05) is 0 Å². The van der Waals surface area contributed by atoms with Crippen molar-refractivity contribution in [3.8, 4) is 0 Å². The molecule has 1 heterocycles. The molecule has 0 aliphatic carbocycles. The SMILES string of the molecule is COC(CNC(=O)c1cn(CCN)cn1)C(=O)O. The molecule has 0 fully saturated rings. The number of nitrogens with two attached hydrogens (primary N) is 1. The van der Waals surface area contributed by atoms with E-state index in [9.17, 15) is 9.59 Å². The van der Waals surface area contributed by atoms with E-state index in [1.165, 1.54) is 13.4 Å². The summed E-state index contributed by atoms with van der Waals surface area (Å²) < 4.78 is 6.37. The standard InChI is InChI=1S/C10H16N4O4/c1-18-8(10(16)17)4-12-9(15)7-5-14(3-2-11)6-13-7/h5-6,8H,2-4,11H2,1H3,(H,12,15)(H,16,17). The van der Waals surface area contributed by atoms with Gasteiger partial charge in [0.25, 0.3) is 5.91 Å². The third-order valence-electron chi connectivity index (χ3n) is 2.26. The predicted molar refractivity (Wildman–Crippen MR) is 62.0 cm³/mol. The minimum atomic E-state index is -1.13. The first-order valence-electron chi connectivity index (χ1n) is 5.34. The zero-order valence-corrected chi connectivity index (χ0v) is 10.00. The number of amides is 1. The van der Waals surface area contributed by atoms with Gasteiger partial charge in [-0.3, -0.25) is 4.79 Å². The average Bonchev–Trinajstić information content (AvgIpc) is 2.78. The molecule has 8 heteroatoms. The van der Waals surface area contributed by atoms with Crippen LogP contribution in [-0.2, 0) is 16.1 Å². The second kappa shape index (κ2) is 6.72. The van der Waals surface area contributed by atoms with Gasteiger partial charge in [0, 0.05) is 26.4 Å². The average molecular weight is 256 g/mol. The Hall–Kier alpha value is -1.93. The van der Waals surface area contributed by atoms with E-state index in [2.05, 4.69) is 15.0 Å². The lowest BCUT2D eigenvalue weighted by Gasteiger charge is -2.10. The molecular weight excluding hydrogens is 240 g/mol. The predicted octanol–water partition coefficient (Wildman–Crippen LogP) is -1.33. The first-order chi connectivity index (χ1) is 8.58. The van der Waals surface area contributed by atoms with Crippen LogP contribution in [0.2, 0.25) is 0 Å². The van der Waals surface area contributed by atoms with Gasteiger partial charge in [0.2, 0.25) is 0 Å². The Morgan fingerprint density at radius 1 is 1.67 bits per heavy atom. The number of aromatic nitrogens is 2. The Morgan fingerprint density at radius 3 is 2.94 bits per heavy atom. The van der Waals surface area contributed by atoms with E-state index in [4.69, 9.17) is 10.8 Å². The van der Waals surface area contributed by atoms with Crippen LogP contribution in [0, 0.1) is 0 Å². The third kappa shape index (κ3) is 3.82. The summed E-state index contributed by atoms with van der Waals surface area (Å²) in [5, 5.41) is 11.2. The molecule has 0 aliphatic rings. The zero-order chi connectivity index (χ0) is 13.5. The van der Waals surface area contributed by atoms with Crippen molar-refractivity contribution < 1.29 is 19.4 Å². The van der Waals surface area contributed by atoms with Crippen molar-refractivity contribution in [2.45, 2.75) is 12.6 Å². The molecule has 8 nitrogen and oxygen atoms in total. The van der Waals surface area contributed by atoms with E-state index >= 15 is 0 Å². The Labute approximate surface area is 104 Å². The topological polar surface area (TPSA) is 119 Å². The molecule has 1 atom stereocenters. The highest BCUT2D eigenvalue weighted by atomic mass is 16.5. The number of nitrogens with one attached hydrogen (secondary N) is 1. The van der Waals surface area contributed by atoms with Crippen LogP contribution in [0.3, 0.4) is 0 Å². The van der Waals surface area contributed by atoms with Gasteiger partial charge in [-0.25, -0.2) is 9.78 Å². The van der Waals surface area contributed by atoms with E-state index in [-0.39, 0.29) is 12.2 Å². The maximum absolute atomic E-state index is 11.6. The fraction of sp³-hybridized carbons (Fsp3) is 0.500. The second-order valence-corrected chi connectivity index (χ2v) is 3.56. The summed E-state index contributed by atoms with van der Waals surface area (Å²) in [5.74, 6) is -1.58. The summed E-state index contributed by atoms with van der Waals surface area (Å²) in [5.41, 5.74) is 5.58. The third-order valence-corrected chi connectivity index (χ3v) is 2.26. The van der Waals surface area contributed by atoms with E-state index < -0.39 is 18.0 Å². The van der Waals surface area contributed by atoms with Crippen molar-refractivity contribution in [2.75, 3.05) is 20.2 Å². The number of carboxylic acids is 1. The molecule has 100 valence electrons. The van der Waals surface area contributed by atoms with Crippen molar-refractivity contribution in [2.24, 2.45) is 5.73 Å². The molecule has 0 saturated carbocycles. The monoisotopic (exact) mass is 256 g/mol. The van der Waals surface area contributed by atoms with E-state index in [1.807, 2.05) is 0 Å². The molecule has 0 aliphatic heterocycles. The maximum Gasteiger partial charge on any atom is 0.334 e. The molecule has 0 spiro atoms. The second-order valence-electron chi connectivity index (χ2n) is 3.56. The van der Waals surface area contributed by atoms with Gasteiger partial charge in [0.1, 0.15) is 5.69 Å². The summed E-state index contributed by atoms with van der Waals surface area (Å²) >= 11 is 0. The smallest absolute Gasteiger partial charge is 0.334 e. The molecule has 4 N–H and O–H groups in total. The number of ether oxygens (including phenoxy) is 1. The highest BCUT2D eigenvalue weighted by Gasteiger charge is 2.18. The Morgan fingerprint density at radius 2 is 2.39 bits per heavy atom. The van der Waals surface area contributed by atoms with Gasteiger partial charge in [-0.2, -0.15) is 0 Å². The van der Waals surface area contributed by atoms with Crippen LogP contribution in [-0.4, -0.2) is 52.8 Å². The number of carboxylic acid groups (broad SMARTS) is 1. The summed E-state index contributed by atoms with van der Waals surface area (Å²) in [4.78, 5) is 26.2. The number of rotatable bonds is 7. The van der Waals surface area contributed by atoms with E-state index in [0.717, 1.165) is 0 Å². The van der Waals surface area contributed by atoms with Crippen molar-refractivity contribution in [3.63, 3.8) is 0 Å². The molecule has 1 rings (SSSR count). The number of nitrogens with zero attached hydrogens (tertiary/aromatic N) is 2. The highest BCUT2D eigenvalue weighted by molar-refractivity contribution is 5.92. The van der Waals surface area contributed by atoms with Crippen LogP contribution in [0.4, 0.5) is 0 Å². The molecule has 0 radical (unpaired) electrons. The molecule has 1 amide bonds. The Bertz CT molecular complexity index is 418. The van der Waals surface area contributed by atoms with Crippen LogP contribution < -0.4 is 11.1 Å². The summed E-state index contributed by atoms with van der Waals surface area (Å²) in [6, 6.07) is 0. The number of carbonyl (C=O) groups excluding carboxylic acids is 1. The van der Waals surface area contributed by atoms with Gasteiger partial charge in [0.05, 0.1) is 12.9 Å². The molecule has 18 heavy (non-hydrogen) atoms. The van der Waals surface area contributed by atoms with E-state index in [0.29, 0.717) is 13.1 Å². The zero-order valence-electron chi connectivity index (χ0n) is 10.00. The number of hydrogen-bond acceptors (Lipinski definition) is 5. The number of imidazole rings is 1. The Kier molecular flexibility index (Phi) is 5.28. The minimum Gasteiger partial charge on any atom is -0.479 e. The van der Waals surface area contributed by atoms with Crippen molar-refractivity contribution in [3.05, 3.63) is 18.2 Å². The maximum atomic E-state index is 11.6. The first-order valence-corrected chi connectivity index (χ1v) is 5.34. The molecule has 0 bridgehead atoms. The lowest BCUT2D eigenvalue weighted by atomic mass is 10.3. The van der Waals surface area contributed by atoms with Gasteiger partial charge in [-0.05, 0) is 0 Å². The van der Waals surface area contributed by atoms with Gasteiger partial charge >= 0.3 is 5.97 Å². The summed E-state index contributed by atoms with van der Waals surface area (Å²) in [6.07, 6.45) is 1.97. The largest absolute Gasteiger partial charge is 0.479 e. The van der Waals surface area contributed by atoms with E-state index in [1.54, 1.807) is 10.8 Å². The number of methoxy groups -OCH3 is 1. The van der Waals surface area contributed by atoms with Crippen molar-refractivity contribution in [1.82, 2.24) is 14.9 Å². The first kappa shape index (κ1) is 14.1. The number of aliphatic carboxylic acids is 1. The quantitative estimate of drug-likeness (QED) is 0.556. The van der Waals surface area contributed by atoms with Crippen LogP contribution in [0.5, 0.6) is 0 Å². The Balaban J connectivity index is 2.51. The van der Waals surface area contributed by atoms with Crippen LogP contribution in [0.25, 0.3) is 0 Å². The molecule has 0 saturated heterocycles. The lowest BCUT2D eigenvalue weighted by molar-refractivity contribution is -0.148. The van der Waals surface area contributed by atoms with Crippen molar-refractivity contribution >= 4 is 11.9 Å². The fourth-order valence-corrected chi connectivity index (χ4v) is 1.30. The highest BCUT2D eigenvalue weighted by Crippen LogP contribution is 1.96. The van der Waals surface area contributed by atoms with Gasteiger partial charge in [0.15, 0.2) is 6.10 Å². The molecular formula is C10H16N4O4. The minimum absolute atomic E-state index is 0.117. The summed E-state index contributed by atoms with van der Waals surface area (Å²) in [7, 11) is 1.26. The van der Waals surface area contributed by atoms with Gasteiger partial charge in [-0.15, -0.1) is 0 Å². The van der Waals surface area contributed by atoms with Crippen molar-refractivity contribution in [1.29, 1.82) is 0 Å². The fourth-order valence-electron chi connectivity index (χ4n) is 1.30. The lowest BCUT2D eigenvalue weighted by Crippen LogP contribution is -2.37. The van der Waals surface area contributed by atoms with Crippen LogP contribution in [0.15, 0.2) is 12.5 Å². The number of hydrogen-bond donors (Lipinski definition) is 3. The molecule has 1 aromatic rings. The summed E-state index contributed by atoms with van der Waals surface area (Å²) in [6.45, 7) is 0.896. The molecule has 1 aromatic heterocycles. The van der Waals surface area contributed by atoms with Crippen LogP contribution in [0.1, 0.15) is 10.5 Å².